The lowest BCUT2D eigenvalue weighted by molar-refractivity contribution is -0.569. The molecular weight excluding hydrogens is 600 g/mol. The van der Waals surface area contributed by atoms with Crippen LogP contribution in [0, 0.1) is 5.41 Å². The van der Waals surface area contributed by atoms with Crippen molar-refractivity contribution in [3.05, 3.63) is 0 Å². The first kappa shape index (κ1) is 32.3. The molecule has 24 heteroatoms. The van der Waals surface area contributed by atoms with Crippen LogP contribution in [0.3, 0.4) is 0 Å². The quantitative estimate of drug-likeness (QED) is 0.289. The Morgan fingerprint density at radius 3 is 0.611 bits per heavy atom. The van der Waals surface area contributed by atoms with Gasteiger partial charge in [-0.1, -0.05) is 0 Å². The summed E-state index contributed by atoms with van der Waals surface area (Å²) in [5.41, 5.74) is -10.3. The molecule has 0 heterocycles. The SMILES string of the molecule is FC(F)(F)C(F)(F)C(F)(F)C1(C(F)(F)C(F)(F)C(F)(F)F)C(F)(F)C(F)(F)C(F)(F)C(F)(F)C1(F)F. The Morgan fingerprint density at radius 2 is 0.444 bits per heavy atom. The van der Waals surface area contributed by atoms with Gasteiger partial charge in [0, 0.05) is 0 Å². The van der Waals surface area contributed by atoms with Crippen molar-refractivity contribution in [3.8, 4) is 0 Å². The third-order valence-corrected chi connectivity index (χ3v) is 4.96. The lowest BCUT2D eigenvalue weighted by Gasteiger charge is -2.61. The summed E-state index contributed by atoms with van der Waals surface area (Å²) in [6.07, 6.45) is -17.3. The Balaban J connectivity index is 4.79. The lowest BCUT2D eigenvalue weighted by atomic mass is 9.54. The molecule has 1 fully saturated rings. The maximum absolute atomic E-state index is 14.1. The molecule has 0 aromatic heterocycles. The fourth-order valence-electron chi connectivity index (χ4n) is 3.07. The highest BCUT2D eigenvalue weighted by Crippen LogP contribution is 2.82. The van der Waals surface area contributed by atoms with Crippen LogP contribution in [0.15, 0.2) is 0 Å². The molecule has 0 radical (unpaired) electrons. The van der Waals surface area contributed by atoms with Crippen LogP contribution in [0.2, 0.25) is 0 Å². The number of rotatable bonds is 4. The van der Waals surface area contributed by atoms with Gasteiger partial charge in [-0.25, -0.2) is 0 Å². The summed E-state index contributed by atoms with van der Waals surface area (Å²) in [6.45, 7) is 0. The first-order valence-corrected chi connectivity index (χ1v) is 7.54. The van der Waals surface area contributed by atoms with E-state index in [1.807, 2.05) is 0 Å². The Kier molecular flexibility index (Phi) is 6.32. The highest BCUT2D eigenvalue weighted by atomic mass is 19.4. The maximum Gasteiger partial charge on any atom is 0.459 e. The summed E-state index contributed by atoms with van der Waals surface area (Å²) in [6, 6.07) is 0. The summed E-state index contributed by atoms with van der Waals surface area (Å²) < 4.78 is 320. The fraction of sp³-hybridized carbons (Fsp3) is 1.00. The highest BCUT2D eigenvalue weighted by molar-refractivity contribution is 5.35. The molecular formula is C12F24. The summed E-state index contributed by atoms with van der Waals surface area (Å²) in [5, 5.41) is 0. The van der Waals surface area contributed by atoms with Gasteiger partial charge in [0.2, 0.25) is 5.41 Å². The van der Waals surface area contributed by atoms with Gasteiger partial charge < -0.3 is 0 Å². The smallest absolute Gasteiger partial charge is 0.198 e. The van der Waals surface area contributed by atoms with Crippen molar-refractivity contribution < 1.29 is 105 Å². The van der Waals surface area contributed by atoms with E-state index in [0.29, 0.717) is 0 Å². The summed E-state index contributed by atoms with van der Waals surface area (Å²) in [5.74, 6) is -85.1. The van der Waals surface area contributed by atoms with Gasteiger partial charge in [-0.2, -0.15) is 105 Å². The van der Waals surface area contributed by atoms with Crippen molar-refractivity contribution in [2.24, 2.45) is 5.41 Å². The average molecular weight is 600 g/mol. The lowest BCUT2D eigenvalue weighted by Crippen LogP contribution is -2.92. The minimum atomic E-state index is -10.3. The van der Waals surface area contributed by atoms with Crippen LogP contribution in [-0.4, -0.2) is 65.7 Å². The third-order valence-electron chi connectivity index (χ3n) is 4.96. The molecule has 1 aliphatic carbocycles. The number of hydrogen-bond acceptors (Lipinski definition) is 0. The van der Waals surface area contributed by atoms with Gasteiger partial charge in [-0.05, 0) is 0 Å². The largest absolute Gasteiger partial charge is 0.459 e. The van der Waals surface area contributed by atoms with Crippen LogP contribution < -0.4 is 0 Å². The molecule has 1 aliphatic rings. The molecule has 0 aliphatic heterocycles. The van der Waals surface area contributed by atoms with E-state index >= 15 is 0 Å². The molecule has 0 N–H and O–H groups in total. The second-order valence-electron chi connectivity index (χ2n) is 6.92. The van der Waals surface area contributed by atoms with E-state index < -0.39 is 71.1 Å². The minimum Gasteiger partial charge on any atom is -0.198 e. The number of alkyl halides is 24. The third kappa shape index (κ3) is 2.80. The standard InChI is InChI=1S/C12F24/c13-2(14)1(4(17,18)9(27,28)11(31,32)33,5(19,20)10(29,30)12(34,35)36)3(15,16)7(23,24)8(25,26)6(2,21)22. The predicted octanol–water partition coefficient (Wildman–Crippen LogP) is 7.83. The summed E-state index contributed by atoms with van der Waals surface area (Å²) in [7, 11) is 0. The van der Waals surface area contributed by atoms with Crippen LogP contribution in [0.25, 0.3) is 0 Å². The van der Waals surface area contributed by atoms with E-state index in [9.17, 15) is 105 Å². The van der Waals surface area contributed by atoms with Crippen molar-refractivity contribution >= 4 is 0 Å². The van der Waals surface area contributed by atoms with Gasteiger partial charge in [0.05, 0.1) is 0 Å². The number of halogens is 24. The average Bonchev–Trinajstić information content (AvgIpc) is 2.57. The van der Waals surface area contributed by atoms with Gasteiger partial charge in [-0.15, -0.1) is 0 Å². The van der Waals surface area contributed by atoms with E-state index in [0.717, 1.165) is 0 Å². The molecule has 0 bridgehead atoms. The first-order chi connectivity index (χ1) is 15.0. The molecule has 0 atom stereocenters. The van der Waals surface area contributed by atoms with Crippen LogP contribution >= 0.6 is 0 Å². The minimum absolute atomic E-state index is 8.64. The van der Waals surface area contributed by atoms with Crippen molar-refractivity contribution in [2.75, 3.05) is 0 Å². The Bertz CT molecular complexity index is 795. The summed E-state index contributed by atoms with van der Waals surface area (Å²) >= 11 is 0. The molecule has 1 saturated carbocycles. The zero-order chi connectivity index (χ0) is 30.0. The van der Waals surface area contributed by atoms with Crippen molar-refractivity contribution in [1.29, 1.82) is 0 Å². The highest BCUT2D eigenvalue weighted by Gasteiger charge is 3.13. The van der Waals surface area contributed by atoms with Gasteiger partial charge >= 0.3 is 65.7 Å². The molecule has 36 heavy (non-hydrogen) atoms. The maximum atomic E-state index is 14.1. The molecule has 0 nitrogen and oxygen atoms in total. The number of hydrogen-bond donors (Lipinski definition) is 0. The Morgan fingerprint density at radius 1 is 0.278 bits per heavy atom. The van der Waals surface area contributed by atoms with Crippen LogP contribution in [0.4, 0.5) is 105 Å². The fourth-order valence-corrected chi connectivity index (χ4v) is 3.07. The molecule has 0 amide bonds. The molecule has 0 aromatic rings. The molecule has 0 unspecified atom stereocenters. The van der Waals surface area contributed by atoms with Crippen LogP contribution in [0.1, 0.15) is 0 Å². The van der Waals surface area contributed by atoms with Gasteiger partial charge in [0.1, 0.15) is 0 Å². The second-order valence-corrected chi connectivity index (χ2v) is 6.92. The van der Waals surface area contributed by atoms with E-state index in [-0.39, 0.29) is 0 Å². The Labute approximate surface area is 178 Å². The zero-order valence-electron chi connectivity index (χ0n) is 15.1. The van der Waals surface area contributed by atoms with Crippen LogP contribution in [-0.2, 0) is 0 Å². The molecule has 1 rings (SSSR count). The van der Waals surface area contributed by atoms with Gasteiger partial charge in [0.15, 0.2) is 0 Å². The monoisotopic (exact) mass is 600 g/mol. The van der Waals surface area contributed by atoms with Crippen molar-refractivity contribution in [3.63, 3.8) is 0 Å². The Hall–Kier alpha value is -1.68. The zero-order valence-corrected chi connectivity index (χ0v) is 15.1. The van der Waals surface area contributed by atoms with E-state index in [4.69, 9.17) is 0 Å². The van der Waals surface area contributed by atoms with E-state index in [1.54, 1.807) is 0 Å². The van der Waals surface area contributed by atoms with E-state index in [1.165, 1.54) is 0 Å². The summed E-state index contributed by atoms with van der Waals surface area (Å²) in [4.78, 5) is 0. The normalized spacial score (nSPS) is 26.0. The first-order valence-electron chi connectivity index (χ1n) is 7.54. The van der Waals surface area contributed by atoms with Crippen molar-refractivity contribution in [1.82, 2.24) is 0 Å². The van der Waals surface area contributed by atoms with Gasteiger partial charge in [-0.3, -0.25) is 0 Å². The predicted molar refractivity (Wildman–Crippen MR) is 59.1 cm³/mol. The topological polar surface area (TPSA) is 0 Å². The molecule has 0 spiro atoms. The van der Waals surface area contributed by atoms with E-state index in [2.05, 4.69) is 0 Å². The van der Waals surface area contributed by atoms with Gasteiger partial charge in [0.25, 0.3) is 0 Å². The molecule has 216 valence electrons. The molecule has 0 aromatic carbocycles. The van der Waals surface area contributed by atoms with Crippen LogP contribution in [0.5, 0.6) is 0 Å². The van der Waals surface area contributed by atoms with Crippen molar-refractivity contribution in [2.45, 2.75) is 65.7 Å². The second kappa shape index (κ2) is 7.04. The molecule has 0 saturated heterocycles.